The monoisotopic (exact) mass is 470 g/mol. The molecule has 1 aromatic carbocycles. The Balaban J connectivity index is 1.33. The summed E-state index contributed by atoms with van der Waals surface area (Å²) >= 11 is 2.70. The molecule has 0 radical (unpaired) electrons. The van der Waals surface area contributed by atoms with Gasteiger partial charge >= 0.3 is 0 Å². The molecule has 2 N–H and O–H groups in total. The number of aromatic nitrogens is 2. The normalized spacial score (nSPS) is 11.0. The molecule has 3 aromatic heterocycles. The van der Waals surface area contributed by atoms with Gasteiger partial charge in [-0.25, -0.2) is 9.37 Å². The maximum atomic E-state index is 13.1. The highest BCUT2D eigenvalue weighted by molar-refractivity contribution is 7.18. The van der Waals surface area contributed by atoms with E-state index < -0.39 is 11.8 Å². The lowest BCUT2D eigenvalue weighted by Gasteiger charge is -2.08. The van der Waals surface area contributed by atoms with Gasteiger partial charge in [0.15, 0.2) is 0 Å². The minimum absolute atomic E-state index is 0.000804. The second-order valence-electron chi connectivity index (χ2n) is 7.13. The summed E-state index contributed by atoms with van der Waals surface area (Å²) in [5.41, 5.74) is 6.27. The van der Waals surface area contributed by atoms with Crippen molar-refractivity contribution in [3.63, 3.8) is 0 Å². The molecule has 0 bridgehead atoms. The second-order valence-corrected chi connectivity index (χ2v) is 9.42. The molecular formula is C22H19FN4O3S2. The summed E-state index contributed by atoms with van der Waals surface area (Å²) < 4.78 is 14.5. The van der Waals surface area contributed by atoms with Gasteiger partial charge in [-0.05, 0) is 49.2 Å². The number of aryl methyl sites for hydroxylation is 3. The van der Waals surface area contributed by atoms with Crippen LogP contribution >= 0.6 is 22.7 Å². The van der Waals surface area contributed by atoms with Crippen LogP contribution in [0.5, 0.6) is 0 Å². The van der Waals surface area contributed by atoms with Crippen LogP contribution in [-0.2, 0) is 11.3 Å². The van der Waals surface area contributed by atoms with E-state index in [-0.39, 0.29) is 24.3 Å². The van der Waals surface area contributed by atoms with Gasteiger partial charge in [0, 0.05) is 22.7 Å². The molecule has 4 aromatic rings. The van der Waals surface area contributed by atoms with E-state index >= 15 is 0 Å². The van der Waals surface area contributed by atoms with Crippen LogP contribution in [0.25, 0.3) is 20.7 Å². The highest BCUT2D eigenvalue weighted by Crippen LogP contribution is 2.28. The number of halogens is 1. The Morgan fingerprint density at radius 2 is 1.81 bits per heavy atom. The van der Waals surface area contributed by atoms with Gasteiger partial charge < -0.3 is 0 Å². The molecule has 0 spiro atoms. The third-order valence-electron chi connectivity index (χ3n) is 5.01. The van der Waals surface area contributed by atoms with Gasteiger partial charge in [0.2, 0.25) is 5.91 Å². The Morgan fingerprint density at radius 3 is 2.56 bits per heavy atom. The molecule has 2 amide bonds. The third kappa shape index (κ3) is 4.46. The van der Waals surface area contributed by atoms with Crippen LogP contribution in [0.3, 0.4) is 0 Å². The highest BCUT2D eigenvalue weighted by Gasteiger charge is 2.14. The molecule has 10 heteroatoms. The number of thiophene rings is 2. The van der Waals surface area contributed by atoms with Crippen LogP contribution in [0.2, 0.25) is 0 Å². The number of rotatable bonds is 5. The number of carbonyl (C=O) groups is 2. The van der Waals surface area contributed by atoms with Crippen molar-refractivity contribution in [1.29, 1.82) is 0 Å². The van der Waals surface area contributed by atoms with Crippen molar-refractivity contribution in [3.05, 3.63) is 74.2 Å². The van der Waals surface area contributed by atoms with E-state index in [0.29, 0.717) is 15.1 Å². The summed E-state index contributed by atoms with van der Waals surface area (Å²) in [5, 5.41) is 0.582. The first-order valence-electron chi connectivity index (χ1n) is 9.73. The van der Waals surface area contributed by atoms with Gasteiger partial charge in [0.25, 0.3) is 11.5 Å². The maximum Gasteiger partial charge on any atom is 0.279 e. The zero-order valence-electron chi connectivity index (χ0n) is 17.3. The number of benzene rings is 1. The van der Waals surface area contributed by atoms with Crippen molar-refractivity contribution in [3.8, 4) is 10.4 Å². The minimum atomic E-state index is -0.457. The van der Waals surface area contributed by atoms with E-state index in [2.05, 4.69) is 15.8 Å². The Bertz CT molecular complexity index is 1370. The zero-order valence-corrected chi connectivity index (χ0v) is 18.9. The number of fused-ring (bicyclic) bond motifs is 1. The average Bonchev–Trinajstić information content (AvgIpc) is 3.38. The van der Waals surface area contributed by atoms with Gasteiger partial charge in [-0.2, -0.15) is 0 Å². The summed E-state index contributed by atoms with van der Waals surface area (Å²) in [5.74, 6) is -1.22. The molecule has 0 saturated heterocycles. The molecule has 32 heavy (non-hydrogen) atoms. The third-order valence-corrected chi connectivity index (χ3v) is 7.26. The van der Waals surface area contributed by atoms with Gasteiger partial charge in [-0.1, -0.05) is 12.1 Å². The fourth-order valence-electron chi connectivity index (χ4n) is 3.13. The van der Waals surface area contributed by atoms with Crippen molar-refractivity contribution in [2.75, 3.05) is 0 Å². The number of hydrogen-bond donors (Lipinski definition) is 2. The van der Waals surface area contributed by atoms with Crippen LogP contribution < -0.4 is 16.4 Å². The van der Waals surface area contributed by atoms with Crippen LogP contribution in [0, 0.1) is 19.7 Å². The maximum absolute atomic E-state index is 13.1. The van der Waals surface area contributed by atoms with E-state index in [1.165, 1.54) is 45.7 Å². The topological polar surface area (TPSA) is 93.1 Å². The number of amides is 2. The van der Waals surface area contributed by atoms with E-state index in [1.54, 1.807) is 24.3 Å². The standard InChI is InChI=1S/C22H19FN4O3S2/c1-12-13(2)31-21-19(12)22(30)27(11-24-21)10-9-18(28)25-26-20(29)17-8-7-16(32-17)14-3-5-15(23)6-4-14/h3-8,11H,9-10H2,1-2H3,(H,25,28)(H,26,29). The lowest BCUT2D eigenvalue weighted by Crippen LogP contribution is -2.41. The first-order valence-corrected chi connectivity index (χ1v) is 11.4. The lowest BCUT2D eigenvalue weighted by atomic mass is 10.2. The molecule has 0 aliphatic rings. The predicted octanol–water partition coefficient (Wildman–Crippen LogP) is 3.79. The molecule has 0 atom stereocenters. The molecule has 4 rings (SSSR count). The molecule has 164 valence electrons. The highest BCUT2D eigenvalue weighted by atomic mass is 32.1. The summed E-state index contributed by atoms with van der Waals surface area (Å²) in [7, 11) is 0. The summed E-state index contributed by atoms with van der Waals surface area (Å²) in [6.45, 7) is 3.97. The Labute approximate surface area is 190 Å². The zero-order chi connectivity index (χ0) is 22.8. The molecule has 0 saturated carbocycles. The van der Waals surface area contributed by atoms with Gasteiger partial charge in [0.1, 0.15) is 10.6 Å². The number of nitrogens with one attached hydrogen (secondary N) is 2. The first-order chi connectivity index (χ1) is 15.3. The van der Waals surface area contributed by atoms with Crippen LogP contribution in [0.1, 0.15) is 26.5 Å². The number of nitrogens with zero attached hydrogens (tertiary/aromatic N) is 2. The molecule has 7 nitrogen and oxygen atoms in total. The first kappa shape index (κ1) is 21.8. The van der Waals surface area contributed by atoms with Crippen LogP contribution in [0.4, 0.5) is 4.39 Å². The number of hydrazine groups is 1. The van der Waals surface area contributed by atoms with Crippen molar-refractivity contribution >= 4 is 44.7 Å². The average molecular weight is 471 g/mol. The fraction of sp³-hybridized carbons (Fsp3) is 0.182. The lowest BCUT2D eigenvalue weighted by molar-refractivity contribution is -0.122. The molecule has 0 fully saturated rings. The van der Waals surface area contributed by atoms with Crippen molar-refractivity contribution < 1.29 is 14.0 Å². The Hall–Kier alpha value is -3.37. The predicted molar refractivity (Wildman–Crippen MR) is 123 cm³/mol. The molecular weight excluding hydrogens is 451 g/mol. The number of hydrogen-bond acceptors (Lipinski definition) is 6. The fourth-order valence-corrected chi connectivity index (χ4v) is 5.03. The van der Waals surface area contributed by atoms with Gasteiger partial charge in [-0.15, -0.1) is 22.7 Å². The summed E-state index contributed by atoms with van der Waals surface area (Å²) in [6.07, 6.45) is 1.44. The van der Waals surface area contributed by atoms with Crippen LogP contribution in [-0.4, -0.2) is 21.4 Å². The van der Waals surface area contributed by atoms with Crippen molar-refractivity contribution in [2.45, 2.75) is 26.8 Å². The van der Waals surface area contributed by atoms with Crippen molar-refractivity contribution in [1.82, 2.24) is 20.4 Å². The molecule has 3 heterocycles. The van der Waals surface area contributed by atoms with Gasteiger partial charge in [0.05, 0.1) is 16.6 Å². The molecule has 0 unspecified atom stereocenters. The largest absolute Gasteiger partial charge is 0.298 e. The minimum Gasteiger partial charge on any atom is -0.298 e. The Morgan fingerprint density at radius 1 is 1.06 bits per heavy atom. The summed E-state index contributed by atoms with van der Waals surface area (Å²) in [4.78, 5) is 44.4. The smallest absolute Gasteiger partial charge is 0.279 e. The SMILES string of the molecule is Cc1sc2ncn(CCC(=O)NNC(=O)c3ccc(-c4ccc(F)cc4)s3)c(=O)c2c1C. The molecule has 0 aliphatic carbocycles. The van der Waals surface area contributed by atoms with E-state index in [4.69, 9.17) is 0 Å². The van der Waals surface area contributed by atoms with Gasteiger partial charge in [-0.3, -0.25) is 29.8 Å². The van der Waals surface area contributed by atoms with Crippen LogP contribution in [0.15, 0.2) is 47.5 Å². The van der Waals surface area contributed by atoms with E-state index in [1.807, 2.05) is 13.8 Å². The second kappa shape index (κ2) is 9.01. The van der Waals surface area contributed by atoms with Crippen molar-refractivity contribution in [2.24, 2.45) is 0 Å². The summed E-state index contributed by atoms with van der Waals surface area (Å²) in [6, 6.07) is 9.38. The van der Waals surface area contributed by atoms with E-state index in [9.17, 15) is 18.8 Å². The quantitative estimate of drug-likeness (QED) is 0.434. The molecule has 0 aliphatic heterocycles. The number of carbonyl (C=O) groups excluding carboxylic acids is 2. The van der Waals surface area contributed by atoms with E-state index in [0.717, 1.165) is 20.9 Å². The Kier molecular flexibility index (Phi) is 6.15.